The minimum absolute atomic E-state index is 0.110. The standard InChI is InChI=1S/C15H18O2/c1-16-15(17-2)10-8-12-7-9-13-5-3-4-6-14(13)11-12/h3-7,9,11,15H,8,10H2,1-2H3. The predicted octanol–water partition coefficient (Wildman–Crippen LogP) is 3.39. The summed E-state index contributed by atoms with van der Waals surface area (Å²) in [7, 11) is 3.35. The molecule has 2 nitrogen and oxygen atoms in total. The quantitative estimate of drug-likeness (QED) is 0.733. The van der Waals surface area contributed by atoms with Crippen LogP contribution in [0.2, 0.25) is 0 Å². The molecule has 0 aromatic heterocycles. The number of hydrogen-bond donors (Lipinski definition) is 0. The lowest BCUT2D eigenvalue weighted by Crippen LogP contribution is -2.13. The highest BCUT2D eigenvalue weighted by Gasteiger charge is 2.05. The third-order valence-electron chi connectivity index (χ3n) is 3.01. The molecule has 17 heavy (non-hydrogen) atoms. The molecule has 0 bridgehead atoms. The van der Waals surface area contributed by atoms with Crippen molar-refractivity contribution in [2.75, 3.05) is 14.2 Å². The van der Waals surface area contributed by atoms with E-state index in [4.69, 9.17) is 9.47 Å². The largest absolute Gasteiger partial charge is 0.356 e. The maximum atomic E-state index is 5.19. The molecule has 90 valence electrons. The first-order valence-corrected chi connectivity index (χ1v) is 5.87. The first kappa shape index (κ1) is 12.1. The van der Waals surface area contributed by atoms with E-state index in [-0.39, 0.29) is 6.29 Å². The Bertz CT molecular complexity index is 475. The van der Waals surface area contributed by atoms with Crippen LogP contribution in [0.5, 0.6) is 0 Å². The van der Waals surface area contributed by atoms with E-state index in [0.29, 0.717) is 0 Å². The van der Waals surface area contributed by atoms with E-state index in [9.17, 15) is 0 Å². The van der Waals surface area contributed by atoms with Crippen LogP contribution >= 0.6 is 0 Å². The smallest absolute Gasteiger partial charge is 0.157 e. The van der Waals surface area contributed by atoms with Crippen molar-refractivity contribution in [3.8, 4) is 0 Å². The summed E-state index contributed by atoms with van der Waals surface area (Å²) >= 11 is 0. The van der Waals surface area contributed by atoms with Gasteiger partial charge < -0.3 is 9.47 Å². The van der Waals surface area contributed by atoms with Crippen molar-refractivity contribution in [1.82, 2.24) is 0 Å². The Kier molecular flexibility index (Phi) is 4.13. The molecule has 0 aliphatic heterocycles. The lowest BCUT2D eigenvalue weighted by atomic mass is 10.0. The normalized spacial score (nSPS) is 11.2. The van der Waals surface area contributed by atoms with Crippen LogP contribution in [0.4, 0.5) is 0 Å². The number of benzene rings is 2. The van der Waals surface area contributed by atoms with Gasteiger partial charge in [-0.3, -0.25) is 0 Å². The molecule has 0 heterocycles. The molecule has 0 unspecified atom stereocenters. The van der Waals surface area contributed by atoms with Crippen molar-refractivity contribution in [2.45, 2.75) is 19.1 Å². The Morgan fingerprint density at radius 1 is 0.941 bits per heavy atom. The highest BCUT2D eigenvalue weighted by atomic mass is 16.7. The molecule has 0 aliphatic carbocycles. The summed E-state index contributed by atoms with van der Waals surface area (Å²) < 4.78 is 10.4. The highest BCUT2D eigenvalue weighted by Crippen LogP contribution is 2.17. The predicted molar refractivity (Wildman–Crippen MR) is 70.1 cm³/mol. The third kappa shape index (κ3) is 3.05. The number of ether oxygens (including phenoxy) is 2. The van der Waals surface area contributed by atoms with Gasteiger partial charge in [0.15, 0.2) is 6.29 Å². The zero-order valence-corrected chi connectivity index (χ0v) is 10.3. The lowest BCUT2D eigenvalue weighted by molar-refractivity contribution is -0.105. The van der Waals surface area contributed by atoms with E-state index in [2.05, 4.69) is 42.5 Å². The van der Waals surface area contributed by atoms with Gasteiger partial charge in [0.05, 0.1) is 0 Å². The molecule has 2 rings (SSSR count). The fourth-order valence-corrected chi connectivity index (χ4v) is 2.01. The van der Waals surface area contributed by atoms with Crippen LogP contribution in [0.25, 0.3) is 10.8 Å². The monoisotopic (exact) mass is 230 g/mol. The minimum atomic E-state index is -0.110. The topological polar surface area (TPSA) is 18.5 Å². The Morgan fingerprint density at radius 3 is 2.35 bits per heavy atom. The van der Waals surface area contributed by atoms with Gasteiger partial charge in [-0.15, -0.1) is 0 Å². The number of fused-ring (bicyclic) bond motifs is 1. The third-order valence-corrected chi connectivity index (χ3v) is 3.01. The molecule has 0 aliphatic rings. The molecule has 0 radical (unpaired) electrons. The molecule has 0 saturated heterocycles. The van der Waals surface area contributed by atoms with Gasteiger partial charge in [0.1, 0.15) is 0 Å². The average Bonchev–Trinajstić information content (AvgIpc) is 2.40. The summed E-state index contributed by atoms with van der Waals surface area (Å²) in [6.07, 6.45) is 1.74. The van der Waals surface area contributed by atoms with Gasteiger partial charge in [0.2, 0.25) is 0 Å². The van der Waals surface area contributed by atoms with Gasteiger partial charge >= 0.3 is 0 Å². The van der Waals surface area contributed by atoms with Crippen LogP contribution in [-0.2, 0) is 15.9 Å². The summed E-state index contributed by atoms with van der Waals surface area (Å²) in [6.45, 7) is 0. The van der Waals surface area contributed by atoms with Crippen molar-refractivity contribution < 1.29 is 9.47 Å². The van der Waals surface area contributed by atoms with Gasteiger partial charge in [0, 0.05) is 20.6 Å². The van der Waals surface area contributed by atoms with Crippen LogP contribution in [0.1, 0.15) is 12.0 Å². The second kappa shape index (κ2) is 5.80. The first-order chi connectivity index (χ1) is 8.33. The molecule has 0 N–H and O–H groups in total. The van der Waals surface area contributed by atoms with Crippen molar-refractivity contribution in [3.05, 3.63) is 48.0 Å². The van der Waals surface area contributed by atoms with Gasteiger partial charge in [-0.2, -0.15) is 0 Å². The molecule has 0 spiro atoms. The summed E-state index contributed by atoms with van der Waals surface area (Å²) in [5.41, 5.74) is 1.32. The number of methoxy groups -OCH3 is 2. The van der Waals surface area contributed by atoms with Gasteiger partial charge in [-0.25, -0.2) is 0 Å². The molecule has 2 aromatic rings. The van der Waals surface area contributed by atoms with Gasteiger partial charge in [-0.1, -0.05) is 42.5 Å². The lowest BCUT2D eigenvalue weighted by Gasteiger charge is -2.13. The van der Waals surface area contributed by atoms with Crippen LogP contribution in [0, 0.1) is 0 Å². The van der Waals surface area contributed by atoms with E-state index in [0.717, 1.165) is 12.8 Å². The van der Waals surface area contributed by atoms with Crippen LogP contribution in [0.3, 0.4) is 0 Å². The molecule has 2 heteroatoms. The number of rotatable bonds is 5. The average molecular weight is 230 g/mol. The maximum absolute atomic E-state index is 5.19. The van der Waals surface area contributed by atoms with E-state index in [1.807, 2.05) is 0 Å². The Morgan fingerprint density at radius 2 is 1.65 bits per heavy atom. The van der Waals surface area contributed by atoms with Crippen molar-refractivity contribution in [1.29, 1.82) is 0 Å². The maximum Gasteiger partial charge on any atom is 0.157 e. The molecular weight excluding hydrogens is 212 g/mol. The van der Waals surface area contributed by atoms with Crippen molar-refractivity contribution >= 4 is 10.8 Å². The molecular formula is C15H18O2. The fourth-order valence-electron chi connectivity index (χ4n) is 2.01. The molecule has 0 atom stereocenters. The SMILES string of the molecule is COC(CCc1ccc2ccccc2c1)OC. The molecule has 0 saturated carbocycles. The Labute approximate surface area is 102 Å². The summed E-state index contributed by atoms with van der Waals surface area (Å²) in [4.78, 5) is 0. The number of aryl methyl sites for hydroxylation is 1. The Hall–Kier alpha value is -1.38. The van der Waals surface area contributed by atoms with E-state index in [1.165, 1.54) is 16.3 Å². The second-order valence-electron chi connectivity index (χ2n) is 4.12. The fraction of sp³-hybridized carbons (Fsp3) is 0.333. The minimum Gasteiger partial charge on any atom is -0.356 e. The second-order valence-corrected chi connectivity index (χ2v) is 4.12. The molecule has 2 aromatic carbocycles. The number of hydrogen-bond acceptors (Lipinski definition) is 2. The first-order valence-electron chi connectivity index (χ1n) is 5.87. The molecule has 0 amide bonds. The summed E-state index contributed by atoms with van der Waals surface area (Å²) in [5, 5.41) is 2.57. The van der Waals surface area contributed by atoms with E-state index >= 15 is 0 Å². The van der Waals surface area contributed by atoms with Gasteiger partial charge in [-0.05, 0) is 22.8 Å². The van der Waals surface area contributed by atoms with Gasteiger partial charge in [0.25, 0.3) is 0 Å². The van der Waals surface area contributed by atoms with Crippen LogP contribution < -0.4 is 0 Å². The zero-order valence-electron chi connectivity index (χ0n) is 10.3. The molecule has 0 fully saturated rings. The van der Waals surface area contributed by atoms with Crippen molar-refractivity contribution in [2.24, 2.45) is 0 Å². The Balaban J connectivity index is 2.09. The highest BCUT2D eigenvalue weighted by molar-refractivity contribution is 5.82. The van der Waals surface area contributed by atoms with Crippen molar-refractivity contribution in [3.63, 3.8) is 0 Å². The summed E-state index contributed by atoms with van der Waals surface area (Å²) in [5.74, 6) is 0. The zero-order chi connectivity index (χ0) is 12.1. The van der Waals surface area contributed by atoms with Crippen LogP contribution in [0.15, 0.2) is 42.5 Å². The van der Waals surface area contributed by atoms with E-state index < -0.39 is 0 Å². The van der Waals surface area contributed by atoms with Crippen LogP contribution in [-0.4, -0.2) is 20.5 Å². The van der Waals surface area contributed by atoms with E-state index in [1.54, 1.807) is 14.2 Å². The summed E-state index contributed by atoms with van der Waals surface area (Å²) in [6, 6.07) is 15.0.